The average molecular weight is 819 g/mol. The molecule has 57 heavy (non-hydrogen) atoms. The van der Waals surface area contributed by atoms with E-state index in [9.17, 15) is 19.4 Å². The third-order valence-corrected chi connectivity index (χ3v) is 9.45. The van der Waals surface area contributed by atoms with Gasteiger partial charge in [-0.25, -0.2) is 4.57 Å². The Balaban J connectivity index is 4.34. The minimum absolute atomic E-state index is 0.00295. The van der Waals surface area contributed by atoms with E-state index in [1.807, 2.05) is 0 Å². The van der Waals surface area contributed by atoms with Crippen LogP contribution in [-0.4, -0.2) is 66.3 Å². The fraction of sp³-hybridized carbons (Fsp3) is 0.638. The molecule has 0 radical (unpaired) electrons. The molecule has 0 fully saturated rings. The highest BCUT2D eigenvalue weighted by Crippen LogP contribution is 2.43. The SMILES string of the molecule is CC/C=C\C/C=C\C/C=C\C/C=C\C/C=C\C/C=C\CCCOCC(COP(=O)(O)OCC(O)CO)OC(=O)CCCCCCC/C=C\C/C=C\CCCCCC. The fourth-order valence-electron chi connectivity index (χ4n) is 5.22. The highest BCUT2D eigenvalue weighted by molar-refractivity contribution is 7.47. The Morgan fingerprint density at radius 3 is 1.51 bits per heavy atom. The van der Waals surface area contributed by atoms with Crippen molar-refractivity contribution in [3.63, 3.8) is 0 Å². The van der Waals surface area contributed by atoms with E-state index in [2.05, 4.69) is 111 Å². The minimum atomic E-state index is -4.54. The van der Waals surface area contributed by atoms with Crippen LogP contribution in [0.1, 0.15) is 149 Å². The van der Waals surface area contributed by atoms with Gasteiger partial charge in [0.25, 0.3) is 0 Å². The lowest BCUT2D eigenvalue weighted by molar-refractivity contribution is -0.154. The third-order valence-electron chi connectivity index (χ3n) is 8.50. The molecule has 9 nitrogen and oxygen atoms in total. The van der Waals surface area contributed by atoms with Gasteiger partial charge in [-0.1, -0.05) is 150 Å². The van der Waals surface area contributed by atoms with Crippen LogP contribution < -0.4 is 0 Å². The molecule has 0 saturated carbocycles. The molecule has 10 heteroatoms. The molecule has 0 aromatic carbocycles. The van der Waals surface area contributed by atoms with Crippen LogP contribution in [0.2, 0.25) is 0 Å². The summed E-state index contributed by atoms with van der Waals surface area (Å²) in [6, 6.07) is 0. The van der Waals surface area contributed by atoms with Gasteiger partial charge in [-0.05, 0) is 89.9 Å². The number of hydrogen-bond donors (Lipinski definition) is 3. The summed E-state index contributed by atoms with van der Waals surface area (Å²) in [6.45, 7) is 3.18. The van der Waals surface area contributed by atoms with E-state index >= 15 is 0 Å². The van der Waals surface area contributed by atoms with Crippen LogP contribution in [-0.2, 0) is 27.9 Å². The maximum atomic E-state index is 12.6. The molecule has 0 aliphatic heterocycles. The molecule has 0 amide bonds. The number of rotatable bonds is 40. The van der Waals surface area contributed by atoms with Gasteiger partial charge in [0.2, 0.25) is 0 Å². The number of carbonyl (C=O) groups excluding carboxylic acids is 1. The maximum absolute atomic E-state index is 12.6. The smallest absolute Gasteiger partial charge is 0.457 e. The van der Waals surface area contributed by atoms with Gasteiger partial charge < -0.3 is 24.6 Å². The number of hydrogen-bond acceptors (Lipinski definition) is 8. The summed E-state index contributed by atoms with van der Waals surface area (Å²) in [4.78, 5) is 22.6. The first kappa shape index (κ1) is 54.4. The van der Waals surface area contributed by atoms with Crippen molar-refractivity contribution in [1.82, 2.24) is 0 Å². The lowest BCUT2D eigenvalue weighted by atomic mass is 10.1. The molecule has 0 aliphatic rings. The molecule has 0 heterocycles. The number of carbonyl (C=O) groups is 1. The maximum Gasteiger partial charge on any atom is 0.472 e. The quantitative estimate of drug-likeness (QED) is 0.0239. The molecule has 0 bridgehead atoms. The minimum Gasteiger partial charge on any atom is -0.457 e. The number of aliphatic hydroxyl groups is 2. The van der Waals surface area contributed by atoms with Gasteiger partial charge in [-0.2, -0.15) is 0 Å². The number of unbranched alkanes of at least 4 members (excludes halogenated alkanes) is 10. The zero-order chi connectivity index (χ0) is 41.8. The number of allylic oxidation sites excluding steroid dienone is 16. The van der Waals surface area contributed by atoms with Crippen molar-refractivity contribution in [3.05, 3.63) is 97.2 Å². The monoisotopic (exact) mass is 819 g/mol. The van der Waals surface area contributed by atoms with E-state index < -0.39 is 45.8 Å². The van der Waals surface area contributed by atoms with Crippen molar-refractivity contribution >= 4 is 13.8 Å². The summed E-state index contributed by atoms with van der Waals surface area (Å²) >= 11 is 0. The van der Waals surface area contributed by atoms with E-state index in [4.69, 9.17) is 23.6 Å². The van der Waals surface area contributed by atoms with Crippen LogP contribution in [0.5, 0.6) is 0 Å². The average Bonchev–Trinajstić information content (AvgIpc) is 3.20. The van der Waals surface area contributed by atoms with Gasteiger partial charge in [-0.15, -0.1) is 0 Å². The fourth-order valence-corrected chi connectivity index (χ4v) is 6.01. The molecular weight excluding hydrogens is 739 g/mol. The van der Waals surface area contributed by atoms with E-state index in [0.717, 1.165) is 89.9 Å². The van der Waals surface area contributed by atoms with Gasteiger partial charge in [0.15, 0.2) is 0 Å². The number of ether oxygens (including phenoxy) is 2. The van der Waals surface area contributed by atoms with E-state index in [1.165, 1.54) is 32.1 Å². The van der Waals surface area contributed by atoms with Crippen LogP contribution in [0.25, 0.3) is 0 Å². The van der Waals surface area contributed by atoms with Crippen molar-refractivity contribution in [2.24, 2.45) is 0 Å². The Morgan fingerprint density at radius 2 is 1.00 bits per heavy atom. The standard InChI is InChI=1S/C47H79O9P/c1-3-5-7-9-11-13-15-17-19-21-22-23-24-26-28-30-32-34-36-38-40-53-43-46(44-55-57(51,52)54-42-45(49)41-48)56-47(50)39-37-35-33-31-29-27-25-20-18-16-14-12-10-8-6-4-2/h5,7,11,13-14,16-17,19-20,22-23,25-26,28,32,34,45-46,48-49H,3-4,6,8-10,12,15,18,21,24,27,29-31,33,35-44H2,1-2H3,(H,51,52)/b7-5-,13-11-,16-14-,19-17-,23-22-,25-20-,28-26-,34-32-. The number of aliphatic hydroxyl groups excluding tert-OH is 2. The predicted molar refractivity (Wildman–Crippen MR) is 237 cm³/mol. The van der Waals surface area contributed by atoms with Crippen molar-refractivity contribution in [2.45, 2.75) is 161 Å². The molecule has 0 saturated heterocycles. The first-order valence-corrected chi connectivity index (χ1v) is 23.2. The van der Waals surface area contributed by atoms with Crippen LogP contribution in [0.15, 0.2) is 97.2 Å². The Morgan fingerprint density at radius 1 is 0.561 bits per heavy atom. The molecule has 3 N–H and O–H groups in total. The van der Waals surface area contributed by atoms with Crippen LogP contribution >= 0.6 is 7.82 Å². The summed E-state index contributed by atoms with van der Waals surface area (Å²) in [5, 5.41) is 18.3. The van der Waals surface area contributed by atoms with Gasteiger partial charge in [-0.3, -0.25) is 13.8 Å². The normalized spacial score (nSPS) is 15.0. The summed E-state index contributed by atoms with van der Waals surface area (Å²) in [5.74, 6) is -0.420. The van der Waals surface area contributed by atoms with Gasteiger partial charge in [0, 0.05) is 13.0 Å². The van der Waals surface area contributed by atoms with E-state index in [1.54, 1.807) is 0 Å². The molecule has 0 aromatic rings. The Labute approximate surface area is 347 Å². The number of phosphoric ester groups is 1. The second kappa shape index (κ2) is 43.0. The second-order valence-corrected chi connectivity index (χ2v) is 15.4. The van der Waals surface area contributed by atoms with Crippen molar-refractivity contribution in [3.8, 4) is 0 Å². The molecular formula is C47H79O9P. The van der Waals surface area contributed by atoms with Crippen molar-refractivity contribution < 1.29 is 43.0 Å². The van der Waals surface area contributed by atoms with Crippen molar-refractivity contribution in [1.29, 1.82) is 0 Å². The van der Waals surface area contributed by atoms with E-state index in [0.29, 0.717) is 13.0 Å². The zero-order valence-corrected chi connectivity index (χ0v) is 36.4. The molecule has 0 aromatic heterocycles. The zero-order valence-electron chi connectivity index (χ0n) is 35.5. The largest absolute Gasteiger partial charge is 0.472 e. The van der Waals surface area contributed by atoms with Crippen LogP contribution in [0, 0.1) is 0 Å². The first-order valence-electron chi connectivity index (χ1n) is 21.7. The third kappa shape index (κ3) is 42.8. The Hall–Kier alpha value is -2.62. The van der Waals surface area contributed by atoms with Gasteiger partial charge in [0.05, 0.1) is 26.4 Å². The Kier molecular flexibility index (Phi) is 41.0. The van der Waals surface area contributed by atoms with Crippen LogP contribution in [0.3, 0.4) is 0 Å². The number of phosphoric acid groups is 1. The molecule has 3 unspecified atom stereocenters. The lowest BCUT2D eigenvalue weighted by Crippen LogP contribution is -2.29. The van der Waals surface area contributed by atoms with E-state index in [-0.39, 0.29) is 13.0 Å². The molecule has 0 aliphatic carbocycles. The second-order valence-electron chi connectivity index (χ2n) is 14.0. The highest BCUT2D eigenvalue weighted by Gasteiger charge is 2.26. The van der Waals surface area contributed by atoms with Gasteiger partial charge >= 0.3 is 13.8 Å². The predicted octanol–water partition coefficient (Wildman–Crippen LogP) is 12.1. The molecule has 0 spiro atoms. The topological polar surface area (TPSA) is 132 Å². The Bertz CT molecular complexity index is 1200. The summed E-state index contributed by atoms with van der Waals surface area (Å²) in [7, 11) is -4.54. The molecule has 0 rings (SSSR count). The summed E-state index contributed by atoms with van der Waals surface area (Å²) in [6.07, 6.45) is 53.7. The highest BCUT2D eigenvalue weighted by atomic mass is 31.2. The van der Waals surface area contributed by atoms with Gasteiger partial charge in [0.1, 0.15) is 12.2 Å². The van der Waals surface area contributed by atoms with Crippen LogP contribution in [0.4, 0.5) is 0 Å². The number of esters is 1. The lowest BCUT2D eigenvalue weighted by Gasteiger charge is -2.20. The molecule has 3 atom stereocenters. The molecule has 326 valence electrons. The van der Waals surface area contributed by atoms with Crippen molar-refractivity contribution in [2.75, 3.05) is 33.0 Å². The first-order chi connectivity index (χ1) is 27.8. The summed E-state index contributed by atoms with van der Waals surface area (Å²) < 4.78 is 33.3. The summed E-state index contributed by atoms with van der Waals surface area (Å²) in [5.41, 5.74) is 0.